The van der Waals surface area contributed by atoms with E-state index in [0.29, 0.717) is 0 Å². The van der Waals surface area contributed by atoms with E-state index in [0.717, 1.165) is 76.6 Å². The predicted molar refractivity (Wildman–Crippen MR) is 111 cm³/mol. The number of aromatic nitrogens is 1. The van der Waals surface area contributed by atoms with E-state index >= 15 is 0 Å². The zero-order valence-electron chi connectivity index (χ0n) is 17.0. The Morgan fingerprint density at radius 3 is 2.39 bits per heavy atom. The summed E-state index contributed by atoms with van der Waals surface area (Å²) >= 11 is 0. The molecule has 0 aliphatic carbocycles. The molecule has 4 rings (SSSR count). The lowest BCUT2D eigenvalue weighted by molar-refractivity contribution is 0.0663. The summed E-state index contributed by atoms with van der Waals surface area (Å²) in [7, 11) is 3.86. The number of fused-ring (bicyclic) bond motifs is 1. The summed E-state index contributed by atoms with van der Waals surface area (Å²) in [5, 5.41) is 0. The Morgan fingerprint density at radius 1 is 0.964 bits per heavy atom. The molecule has 0 spiro atoms. The summed E-state index contributed by atoms with van der Waals surface area (Å²) in [5.41, 5.74) is 1.90. The highest BCUT2D eigenvalue weighted by Gasteiger charge is 2.22. The van der Waals surface area contributed by atoms with Crippen LogP contribution in [0.4, 0.5) is 5.82 Å². The van der Waals surface area contributed by atoms with Gasteiger partial charge < -0.3 is 23.8 Å². The average molecular weight is 386 g/mol. The summed E-state index contributed by atoms with van der Waals surface area (Å²) < 4.78 is 7.37. The van der Waals surface area contributed by atoms with Crippen molar-refractivity contribution in [2.24, 2.45) is 0 Å². The van der Waals surface area contributed by atoms with Gasteiger partial charge in [-0.2, -0.15) is 0 Å². The lowest BCUT2D eigenvalue weighted by atomic mass is 10.2. The lowest BCUT2D eigenvalue weighted by Gasteiger charge is -2.35. The Balaban J connectivity index is 1.48. The number of hydrogen-bond acceptors (Lipinski definition) is 5. The molecular weight excluding hydrogens is 354 g/mol. The molecule has 2 fully saturated rings. The van der Waals surface area contributed by atoms with Crippen molar-refractivity contribution in [3.8, 4) is 0 Å². The lowest BCUT2D eigenvalue weighted by Crippen LogP contribution is -2.47. The monoisotopic (exact) mass is 385 g/mol. The molecule has 4 heterocycles. The largest absolute Gasteiger partial charge is 0.383 e. The number of carbonyl (C=O) groups excluding carboxylic acids is 1. The van der Waals surface area contributed by atoms with E-state index in [9.17, 15) is 4.79 Å². The Labute approximate surface area is 167 Å². The van der Waals surface area contributed by atoms with Crippen molar-refractivity contribution >= 4 is 17.2 Å². The molecule has 7 nitrogen and oxygen atoms in total. The highest BCUT2D eigenvalue weighted by atomic mass is 16.5. The molecule has 0 aromatic carbocycles. The summed E-state index contributed by atoms with van der Waals surface area (Å²) in [6.45, 7) is 9.32. The fourth-order valence-electron chi connectivity index (χ4n) is 4.08. The summed E-state index contributed by atoms with van der Waals surface area (Å²) in [6.07, 6.45) is 2.02. The third-order valence-electron chi connectivity index (χ3n) is 5.98. The Kier molecular flexibility index (Phi) is 5.85. The number of ether oxygens (including phenoxy) is 1. The van der Waals surface area contributed by atoms with Crippen molar-refractivity contribution in [1.29, 1.82) is 0 Å². The smallest absolute Gasteiger partial charge is 0.255 e. The third-order valence-corrected chi connectivity index (χ3v) is 5.98. The molecule has 0 atom stereocenters. The van der Waals surface area contributed by atoms with Crippen molar-refractivity contribution in [3.63, 3.8) is 0 Å². The zero-order chi connectivity index (χ0) is 19.5. The second kappa shape index (κ2) is 8.51. The van der Waals surface area contributed by atoms with Crippen molar-refractivity contribution < 1.29 is 9.53 Å². The van der Waals surface area contributed by atoms with Crippen LogP contribution < -0.4 is 4.90 Å². The van der Waals surface area contributed by atoms with Gasteiger partial charge in [-0.1, -0.05) is 0 Å². The van der Waals surface area contributed by atoms with Gasteiger partial charge in [-0.15, -0.1) is 0 Å². The molecule has 7 heteroatoms. The summed E-state index contributed by atoms with van der Waals surface area (Å²) in [6, 6.07) is 8.32. The van der Waals surface area contributed by atoms with Crippen LogP contribution in [0.3, 0.4) is 0 Å². The highest BCUT2D eigenvalue weighted by molar-refractivity contribution is 5.94. The SMILES string of the molecule is COCCN1CCN(c2ccc3ccc(C(=O)N4CCN(C)CC4)cn23)CC1. The van der Waals surface area contributed by atoms with Crippen LogP contribution in [0.15, 0.2) is 30.5 Å². The van der Waals surface area contributed by atoms with E-state index in [1.165, 1.54) is 5.82 Å². The second-order valence-corrected chi connectivity index (χ2v) is 7.82. The number of nitrogens with zero attached hydrogens (tertiary/aromatic N) is 5. The molecule has 2 saturated heterocycles. The molecule has 0 bridgehead atoms. The van der Waals surface area contributed by atoms with Gasteiger partial charge in [0.2, 0.25) is 0 Å². The molecular formula is C21H31N5O2. The third kappa shape index (κ3) is 4.01. The molecule has 2 aromatic rings. The number of pyridine rings is 1. The van der Waals surface area contributed by atoms with Gasteiger partial charge in [-0.3, -0.25) is 9.69 Å². The van der Waals surface area contributed by atoms with Gasteiger partial charge in [0.25, 0.3) is 5.91 Å². The number of methoxy groups -OCH3 is 1. The Morgan fingerprint density at radius 2 is 1.68 bits per heavy atom. The maximum Gasteiger partial charge on any atom is 0.255 e. The molecule has 2 aromatic heterocycles. The second-order valence-electron chi connectivity index (χ2n) is 7.82. The van der Waals surface area contributed by atoms with Crippen LogP contribution in [0, 0.1) is 0 Å². The Bertz CT molecular complexity index is 804. The number of rotatable bonds is 5. The van der Waals surface area contributed by atoms with Crippen LogP contribution in [0.25, 0.3) is 5.52 Å². The first-order valence-electron chi connectivity index (χ1n) is 10.2. The van der Waals surface area contributed by atoms with Gasteiger partial charge in [-0.05, 0) is 31.3 Å². The normalized spacial score (nSPS) is 19.5. The van der Waals surface area contributed by atoms with E-state index in [4.69, 9.17) is 4.74 Å². The van der Waals surface area contributed by atoms with Crippen molar-refractivity contribution in [2.75, 3.05) is 84.6 Å². The molecule has 2 aliphatic rings. The van der Waals surface area contributed by atoms with Crippen LogP contribution in [0.2, 0.25) is 0 Å². The van der Waals surface area contributed by atoms with Crippen LogP contribution in [-0.4, -0.2) is 105 Å². The highest BCUT2D eigenvalue weighted by Crippen LogP contribution is 2.22. The van der Waals surface area contributed by atoms with Crippen molar-refractivity contribution in [2.45, 2.75) is 0 Å². The molecule has 2 aliphatic heterocycles. The first-order valence-corrected chi connectivity index (χ1v) is 10.2. The van der Waals surface area contributed by atoms with Gasteiger partial charge in [-0.25, -0.2) is 0 Å². The van der Waals surface area contributed by atoms with E-state index in [2.05, 4.69) is 44.3 Å². The molecule has 0 saturated carbocycles. The van der Waals surface area contributed by atoms with E-state index < -0.39 is 0 Å². The zero-order valence-corrected chi connectivity index (χ0v) is 17.0. The van der Waals surface area contributed by atoms with Crippen molar-refractivity contribution in [1.82, 2.24) is 19.1 Å². The number of likely N-dealkylation sites (N-methyl/N-ethyl adjacent to an activating group) is 1. The number of amides is 1. The minimum absolute atomic E-state index is 0.138. The number of carbonyl (C=O) groups is 1. The average Bonchev–Trinajstić information content (AvgIpc) is 3.16. The van der Waals surface area contributed by atoms with Gasteiger partial charge in [0.1, 0.15) is 5.82 Å². The standard InChI is InChI=1S/C21H31N5O2/c1-22-7-11-25(12-8-22)21(27)18-3-4-19-5-6-20(26(19)17-18)24-13-9-23(10-14-24)15-16-28-2/h3-6,17H,7-16H2,1-2H3. The minimum Gasteiger partial charge on any atom is -0.383 e. The number of anilines is 1. The fraction of sp³-hybridized carbons (Fsp3) is 0.571. The predicted octanol–water partition coefficient (Wildman–Crippen LogP) is 1.10. The first-order chi connectivity index (χ1) is 13.7. The number of hydrogen-bond donors (Lipinski definition) is 0. The van der Waals surface area contributed by atoms with Crippen molar-refractivity contribution in [3.05, 3.63) is 36.0 Å². The quantitative estimate of drug-likeness (QED) is 0.771. The minimum atomic E-state index is 0.138. The van der Waals surface area contributed by atoms with Crippen LogP contribution in [0.5, 0.6) is 0 Å². The summed E-state index contributed by atoms with van der Waals surface area (Å²) in [4.78, 5) is 22.1. The molecule has 1 amide bonds. The topological polar surface area (TPSA) is 43.7 Å². The molecule has 152 valence electrons. The van der Waals surface area contributed by atoms with E-state index in [1.54, 1.807) is 7.11 Å². The Hall–Kier alpha value is -2.09. The molecule has 28 heavy (non-hydrogen) atoms. The number of piperazine rings is 2. The molecule has 0 N–H and O–H groups in total. The van der Waals surface area contributed by atoms with Crippen LogP contribution in [0.1, 0.15) is 10.4 Å². The molecule has 0 radical (unpaired) electrons. The van der Waals surface area contributed by atoms with E-state index in [-0.39, 0.29) is 5.91 Å². The van der Waals surface area contributed by atoms with E-state index in [1.807, 2.05) is 17.2 Å². The van der Waals surface area contributed by atoms with Crippen LogP contribution >= 0.6 is 0 Å². The summed E-state index contributed by atoms with van der Waals surface area (Å²) in [5.74, 6) is 1.31. The van der Waals surface area contributed by atoms with Gasteiger partial charge in [0.15, 0.2) is 0 Å². The van der Waals surface area contributed by atoms with Gasteiger partial charge in [0, 0.05) is 77.7 Å². The van der Waals surface area contributed by atoms with Crippen LogP contribution in [-0.2, 0) is 4.74 Å². The van der Waals surface area contributed by atoms with Gasteiger partial charge >= 0.3 is 0 Å². The molecule has 0 unspecified atom stereocenters. The maximum atomic E-state index is 13.0. The van der Waals surface area contributed by atoms with Gasteiger partial charge in [0.05, 0.1) is 12.2 Å². The first kappa shape index (κ1) is 19.2. The maximum absolute atomic E-state index is 13.0. The fourth-order valence-corrected chi connectivity index (χ4v) is 4.08.